The summed E-state index contributed by atoms with van der Waals surface area (Å²) in [5.74, 6) is 0.685. The zero-order valence-corrected chi connectivity index (χ0v) is 12.6. The van der Waals surface area contributed by atoms with E-state index in [1.165, 1.54) is 16.2 Å². The Kier molecular flexibility index (Phi) is 4.88. The Labute approximate surface area is 109 Å². The second-order valence-corrected chi connectivity index (χ2v) is 7.87. The highest BCUT2D eigenvalue weighted by Crippen LogP contribution is 2.36. The average Bonchev–Trinajstić information content (AvgIpc) is 2.47. The van der Waals surface area contributed by atoms with E-state index >= 15 is 0 Å². The van der Waals surface area contributed by atoms with Crippen LogP contribution in [0.25, 0.3) is 0 Å². The Morgan fingerprint density at radius 1 is 1.31 bits per heavy atom. The summed E-state index contributed by atoms with van der Waals surface area (Å²) in [6.07, 6.45) is 2.32. The maximum absolute atomic E-state index is 6.45. The molecule has 0 N–H and O–H groups in total. The molecule has 1 aromatic rings. The van der Waals surface area contributed by atoms with E-state index in [1.54, 1.807) is 0 Å². The van der Waals surface area contributed by atoms with Crippen LogP contribution in [0.15, 0.2) is 12.1 Å². The molecule has 0 saturated heterocycles. The summed E-state index contributed by atoms with van der Waals surface area (Å²) in [4.78, 5) is 2.67. The second kappa shape index (κ2) is 5.55. The van der Waals surface area contributed by atoms with E-state index in [0.29, 0.717) is 11.3 Å². The van der Waals surface area contributed by atoms with E-state index in [-0.39, 0.29) is 5.38 Å². The normalized spacial score (nSPS) is 16.1. The molecule has 0 radical (unpaired) electrons. The molecule has 0 spiro atoms. The Hall–Kier alpha value is -0.0100. The van der Waals surface area contributed by atoms with Crippen LogP contribution in [0.1, 0.15) is 55.7 Å². The van der Waals surface area contributed by atoms with Gasteiger partial charge in [-0.1, -0.05) is 27.7 Å². The fourth-order valence-electron chi connectivity index (χ4n) is 2.22. The highest BCUT2D eigenvalue weighted by Gasteiger charge is 2.19. The number of aryl methyl sites for hydroxylation is 1. The molecule has 92 valence electrons. The zero-order valence-electron chi connectivity index (χ0n) is 11.0. The molecule has 1 aromatic heterocycles. The molecular formula is C14H23ClS. The zero-order chi connectivity index (χ0) is 12.3. The largest absolute Gasteiger partial charge is 0.144 e. The third kappa shape index (κ3) is 4.88. The summed E-state index contributed by atoms with van der Waals surface area (Å²) in [6, 6.07) is 4.32. The standard InChI is InChI=1S/C14H23ClS/c1-10(9-14(3,4)5)8-12(15)13-7-6-11(2)16-13/h6-7,10,12H,8-9H2,1-5H3. The van der Waals surface area contributed by atoms with Crippen molar-refractivity contribution < 1.29 is 0 Å². The number of thiophene rings is 1. The lowest BCUT2D eigenvalue weighted by molar-refractivity contribution is 0.295. The van der Waals surface area contributed by atoms with Gasteiger partial charge in [-0.2, -0.15) is 0 Å². The Morgan fingerprint density at radius 2 is 1.94 bits per heavy atom. The highest BCUT2D eigenvalue weighted by atomic mass is 35.5. The monoisotopic (exact) mass is 258 g/mol. The molecule has 0 nitrogen and oxygen atoms in total. The number of alkyl halides is 1. The van der Waals surface area contributed by atoms with Crippen LogP contribution >= 0.6 is 22.9 Å². The van der Waals surface area contributed by atoms with Gasteiger partial charge in [0, 0.05) is 9.75 Å². The van der Waals surface area contributed by atoms with E-state index in [2.05, 4.69) is 46.8 Å². The molecule has 16 heavy (non-hydrogen) atoms. The van der Waals surface area contributed by atoms with Gasteiger partial charge in [0.15, 0.2) is 0 Å². The van der Waals surface area contributed by atoms with Crippen LogP contribution in [0, 0.1) is 18.3 Å². The molecule has 2 heteroatoms. The van der Waals surface area contributed by atoms with Gasteiger partial charge in [0.25, 0.3) is 0 Å². The summed E-state index contributed by atoms with van der Waals surface area (Å²) >= 11 is 8.28. The smallest absolute Gasteiger partial charge is 0.0681 e. The van der Waals surface area contributed by atoms with Crippen molar-refractivity contribution in [2.75, 3.05) is 0 Å². The number of hydrogen-bond acceptors (Lipinski definition) is 1. The van der Waals surface area contributed by atoms with Crippen molar-refractivity contribution in [3.63, 3.8) is 0 Å². The van der Waals surface area contributed by atoms with Crippen LogP contribution in [0.4, 0.5) is 0 Å². The number of rotatable bonds is 4. The molecule has 0 saturated carbocycles. The molecule has 1 heterocycles. The molecule has 0 aliphatic rings. The molecule has 2 atom stereocenters. The first-order valence-corrected chi connectivity index (χ1v) is 7.23. The van der Waals surface area contributed by atoms with Crippen molar-refractivity contribution in [1.82, 2.24) is 0 Å². The molecule has 0 amide bonds. The van der Waals surface area contributed by atoms with Gasteiger partial charge in [-0.05, 0) is 43.2 Å². The fraction of sp³-hybridized carbons (Fsp3) is 0.714. The molecule has 1 rings (SSSR count). The average molecular weight is 259 g/mol. The third-order valence-electron chi connectivity index (χ3n) is 2.64. The van der Waals surface area contributed by atoms with Crippen molar-refractivity contribution in [1.29, 1.82) is 0 Å². The van der Waals surface area contributed by atoms with E-state index in [9.17, 15) is 0 Å². The van der Waals surface area contributed by atoms with Crippen LogP contribution in [0.5, 0.6) is 0 Å². The van der Waals surface area contributed by atoms with Crippen LogP contribution in [0.2, 0.25) is 0 Å². The lowest BCUT2D eigenvalue weighted by Gasteiger charge is -2.24. The van der Waals surface area contributed by atoms with Gasteiger partial charge in [0.05, 0.1) is 5.38 Å². The van der Waals surface area contributed by atoms with Gasteiger partial charge in [-0.25, -0.2) is 0 Å². The SMILES string of the molecule is Cc1ccc(C(Cl)CC(C)CC(C)(C)C)s1. The van der Waals surface area contributed by atoms with Crippen molar-refractivity contribution in [3.8, 4) is 0 Å². The maximum Gasteiger partial charge on any atom is 0.0681 e. The van der Waals surface area contributed by atoms with Crippen LogP contribution in [-0.2, 0) is 0 Å². The summed E-state index contributed by atoms with van der Waals surface area (Å²) in [7, 11) is 0. The molecular weight excluding hydrogens is 236 g/mol. The lowest BCUT2D eigenvalue weighted by Crippen LogP contribution is -2.12. The molecule has 2 unspecified atom stereocenters. The molecule has 0 aliphatic heterocycles. The van der Waals surface area contributed by atoms with Gasteiger partial charge >= 0.3 is 0 Å². The number of halogens is 1. The highest BCUT2D eigenvalue weighted by molar-refractivity contribution is 7.12. The summed E-state index contributed by atoms with van der Waals surface area (Å²) in [5.41, 5.74) is 0.404. The Balaban J connectivity index is 2.48. The van der Waals surface area contributed by atoms with Crippen molar-refractivity contribution in [2.24, 2.45) is 11.3 Å². The van der Waals surface area contributed by atoms with E-state index in [1.807, 2.05) is 11.3 Å². The molecule has 0 fully saturated rings. The molecule has 0 aliphatic carbocycles. The lowest BCUT2D eigenvalue weighted by atomic mass is 9.83. The van der Waals surface area contributed by atoms with Crippen molar-refractivity contribution in [3.05, 3.63) is 21.9 Å². The van der Waals surface area contributed by atoms with Gasteiger partial charge in [0.1, 0.15) is 0 Å². The van der Waals surface area contributed by atoms with Gasteiger partial charge in [0.2, 0.25) is 0 Å². The topological polar surface area (TPSA) is 0 Å². The van der Waals surface area contributed by atoms with E-state index in [0.717, 1.165) is 6.42 Å². The Bertz CT molecular complexity index is 322. The third-order valence-corrected chi connectivity index (χ3v) is 4.30. The van der Waals surface area contributed by atoms with Crippen molar-refractivity contribution in [2.45, 2.75) is 52.8 Å². The quantitative estimate of drug-likeness (QED) is 0.599. The van der Waals surface area contributed by atoms with E-state index in [4.69, 9.17) is 11.6 Å². The first kappa shape index (κ1) is 14.1. The minimum atomic E-state index is 0.191. The molecule has 0 bridgehead atoms. The summed E-state index contributed by atoms with van der Waals surface area (Å²) in [6.45, 7) is 11.3. The summed E-state index contributed by atoms with van der Waals surface area (Å²) < 4.78 is 0. The van der Waals surface area contributed by atoms with Crippen molar-refractivity contribution >= 4 is 22.9 Å². The predicted molar refractivity (Wildman–Crippen MR) is 75.5 cm³/mol. The predicted octanol–water partition coefficient (Wildman–Crippen LogP) is 5.80. The van der Waals surface area contributed by atoms with Crippen LogP contribution in [-0.4, -0.2) is 0 Å². The molecule has 0 aromatic carbocycles. The first-order valence-electron chi connectivity index (χ1n) is 5.98. The Morgan fingerprint density at radius 3 is 2.38 bits per heavy atom. The second-order valence-electron chi connectivity index (χ2n) is 6.02. The van der Waals surface area contributed by atoms with Crippen LogP contribution in [0.3, 0.4) is 0 Å². The van der Waals surface area contributed by atoms with E-state index < -0.39 is 0 Å². The number of hydrogen-bond donors (Lipinski definition) is 0. The van der Waals surface area contributed by atoms with Crippen LogP contribution < -0.4 is 0 Å². The minimum absolute atomic E-state index is 0.191. The first-order chi connectivity index (χ1) is 7.28. The van der Waals surface area contributed by atoms with Gasteiger partial charge in [-0.3, -0.25) is 0 Å². The summed E-state index contributed by atoms with van der Waals surface area (Å²) in [5, 5.41) is 0.191. The van der Waals surface area contributed by atoms with Gasteiger partial charge in [-0.15, -0.1) is 22.9 Å². The van der Waals surface area contributed by atoms with Gasteiger partial charge < -0.3 is 0 Å². The maximum atomic E-state index is 6.45. The fourth-order valence-corrected chi connectivity index (χ4v) is 3.60. The minimum Gasteiger partial charge on any atom is -0.144 e.